The SMILES string of the molecule is CN(C)CCCCC(CN)CCN. The van der Waals surface area contributed by atoms with Gasteiger partial charge in [-0.25, -0.2) is 0 Å². The fourth-order valence-corrected chi connectivity index (χ4v) is 1.48. The minimum atomic E-state index is 0.646. The van der Waals surface area contributed by atoms with Crippen molar-refractivity contribution in [2.45, 2.75) is 25.7 Å². The van der Waals surface area contributed by atoms with Crippen LogP contribution in [0.2, 0.25) is 0 Å². The van der Waals surface area contributed by atoms with E-state index in [1.165, 1.54) is 25.8 Å². The summed E-state index contributed by atoms with van der Waals surface area (Å²) >= 11 is 0. The van der Waals surface area contributed by atoms with Crippen molar-refractivity contribution in [3.63, 3.8) is 0 Å². The number of hydrogen-bond donors (Lipinski definition) is 2. The lowest BCUT2D eigenvalue weighted by molar-refractivity contribution is 0.371. The zero-order chi connectivity index (χ0) is 10.1. The number of hydrogen-bond acceptors (Lipinski definition) is 3. The summed E-state index contributed by atoms with van der Waals surface area (Å²) < 4.78 is 0. The van der Waals surface area contributed by atoms with Crippen molar-refractivity contribution in [3.05, 3.63) is 0 Å². The number of nitrogens with two attached hydrogens (primary N) is 2. The van der Waals surface area contributed by atoms with Crippen LogP contribution in [0.15, 0.2) is 0 Å². The first-order valence-electron chi connectivity index (χ1n) is 5.25. The molecule has 3 heteroatoms. The van der Waals surface area contributed by atoms with E-state index in [-0.39, 0.29) is 0 Å². The van der Waals surface area contributed by atoms with Gasteiger partial charge in [0.05, 0.1) is 0 Å². The highest BCUT2D eigenvalue weighted by Crippen LogP contribution is 2.10. The van der Waals surface area contributed by atoms with E-state index < -0.39 is 0 Å². The van der Waals surface area contributed by atoms with Crippen LogP contribution < -0.4 is 11.5 Å². The summed E-state index contributed by atoms with van der Waals surface area (Å²) in [4.78, 5) is 2.22. The molecule has 0 bridgehead atoms. The molecule has 0 heterocycles. The van der Waals surface area contributed by atoms with E-state index in [1.54, 1.807) is 0 Å². The second-order valence-corrected chi connectivity index (χ2v) is 3.98. The van der Waals surface area contributed by atoms with E-state index in [0.29, 0.717) is 5.92 Å². The molecule has 1 unspecified atom stereocenters. The predicted molar refractivity (Wildman–Crippen MR) is 58.6 cm³/mol. The fourth-order valence-electron chi connectivity index (χ4n) is 1.48. The summed E-state index contributed by atoms with van der Waals surface area (Å²) in [5.41, 5.74) is 11.1. The van der Waals surface area contributed by atoms with E-state index in [1.807, 2.05) is 0 Å². The first-order chi connectivity index (χ1) is 6.20. The van der Waals surface area contributed by atoms with Gasteiger partial charge in [0.25, 0.3) is 0 Å². The molecule has 13 heavy (non-hydrogen) atoms. The van der Waals surface area contributed by atoms with E-state index in [0.717, 1.165) is 19.5 Å². The van der Waals surface area contributed by atoms with Crippen LogP contribution in [0.25, 0.3) is 0 Å². The fraction of sp³-hybridized carbons (Fsp3) is 1.00. The summed E-state index contributed by atoms with van der Waals surface area (Å²) in [5.74, 6) is 0.646. The van der Waals surface area contributed by atoms with E-state index >= 15 is 0 Å². The molecule has 4 N–H and O–H groups in total. The zero-order valence-corrected chi connectivity index (χ0v) is 9.13. The van der Waals surface area contributed by atoms with Crippen LogP contribution >= 0.6 is 0 Å². The predicted octanol–water partition coefficient (Wildman–Crippen LogP) is 0.642. The largest absolute Gasteiger partial charge is 0.330 e. The Morgan fingerprint density at radius 2 is 1.77 bits per heavy atom. The minimum Gasteiger partial charge on any atom is -0.330 e. The molecule has 3 nitrogen and oxygen atoms in total. The highest BCUT2D eigenvalue weighted by Gasteiger charge is 2.04. The molecule has 0 aromatic heterocycles. The molecule has 0 saturated carbocycles. The van der Waals surface area contributed by atoms with Crippen molar-refractivity contribution in [1.82, 2.24) is 4.90 Å². The van der Waals surface area contributed by atoms with Gasteiger partial charge in [0, 0.05) is 0 Å². The maximum atomic E-state index is 5.63. The normalized spacial score (nSPS) is 13.6. The highest BCUT2D eigenvalue weighted by atomic mass is 15.0. The quantitative estimate of drug-likeness (QED) is 0.548. The van der Waals surface area contributed by atoms with Gasteiger partial charge >= 0.3 is 0 Å². The Morgan fingerprint density at radius 1 is 1.08 bits per heavy atom. The van der Waals surface area contributed by atoms with Gasteiger partial charge < -0.3 is 16.4 Å². The van der Waals surface area contributed by atoms with Gasteiger partial charge in [0.15, 0.2) is 0 Å². The second-order valence-electron chi connectivity index (χ2n) is 3.98. The summed E-state index contributed by atoms with van der Waals surface area (Å²) in [5, 5.41) is 0. The lowest BCUT2D eigenvalue weighted by atomic mass is 9.98. The first kappa shape index (κ1) is 12.9. The van der Waals surface area contributed by atoms with Crippen LogP contribution in [-0.4, -0.2) is 38.6 Å². The van der Waals surface area contributed by atoms with Crippen LogP contribution in [0, 0.1) is 5.92 Å². The van der Waals surface area contributed by atoms with Crippen molar-refractivity contribution >= 4 is 0 Å². The van der Waals surface area contributed by atoms with Crippen molar-refractivity contribution < 1.29 is 0 Å². The van der Waals surface area contributed by atoms with E-state index in [4.69, 9.17) is 11.5 Å². The average Bonchev–Trinajstić information content (AvgIpc) is 2.10. The Labute approximate surface area is 82.5 Å². The molecule has 0 aliphatic carbocycles. The molecule has 0 aliphatic heterocycles. The van der Waals surface area contributed by atoms with Crippen molar-refractivity contribution in [3.8, 4) is 0 Å². The van der Waals surface area contributed by atoms with Crippen LogP contribution in [0.3, 0.4) is 0 Å². The molecule has 0 aliphatic rings. The molecule has 1 atom stereocenters. The molecule has 0 rings (SSSR count). The first-order valence-corrected chi connectivity index (χ1v) is 5.25. The Kier molecular flexibility index (Phi) is 8.40. The zero-order valence-electron chi connectivity index (χ0n) is 9.13. The smallest absolute Gasteiger partial charge is 0.00248 e. The average molecular weight is 187 g/mol. The summed E-state index contributed by atoms with van der Waals surface area (Å²) in [6.07, 6.45) is 4.87. The summed E-state index contributed by atoms with van der Waals surface area (Å²) in [6, 6.07) is 0. The number of unbranched alkanes of at least 4 members (excludes halogenated alkanes) is 1. The van der Waals surface area contributed by atoms with Gasteiger partial charge in [-0.2, -0.15) is 0 Å². The lowest BCUT2D eigenvalue weighted by Crippen LogP contribution is -2.19. The van der Waals surface area contributed by atoms with Gasteiger partial charge in [0.1, 0.15) is 0 Å². The van der Waals surface area contributed by atoms with Crippen molar-refractivity contribution in [2.24, 2.45) is 17.4 Å². The van der Waals surface area contributed by atoms with Crippen molar-refractivity contribution in [1.29, 1.82) is 0 Å². The molecule has 0 saturated heterocycles. The highest BCUT2D eigenvalue weighted by molar-refractivity contribution is 4.61. The van der Waals surface area contributed by atoms with Gasteiger partial charge in [-0.3, -0.25) is 0 Å². The van der Waals surface area contributed by atoms with Gasteiger partial charge in [-0.15, -0.1) is 0 Å². The maximum Gasteiger partial charge on any atom is -0.00248 e. The molecule has 0 aromatic rings. The van der Waals surface area contributed by atoms with Gasteiger partial charge in [-0.1, -0.05) is 6.42 Å². The molecule has 80 valence electrons. The molecule has 0 aromatic carbocycles. The minimum absolute atomic E-state index is 0.646. The Bertz CT molecular complexity index is 104. The number of rotatable bonds is 8. The maximum absolute atomic E-state index is 5.63. The molecule has 0 radical (unpaired) electrons. The van der Waals surface area contributed by atoms with Gasteiger partial charge in [-0.05, 0) is 58.9 Å². The van der Waals surface area contributed by atoms with Crippen LogP contribution in [0.4, 0.5) is 0 Å². The Hall–Kier alpha value is -0.120. The lowest BCUT2D eigenvalue weighted by Gasteiger charge is -2.14. The molecular formula is C10H25N3. The van der Waals surface area contributed by atoms with Crippen LogP contribution in [-0.2, 0) is 0 Å². The molecular weight excluding hydrogens is 162 g/mol. The summed E-state index contributed by atoms with van der Waals surface area (Å²) in [6.45, 7) is 2.74. The Morgan fingerprint density at radius 3 is 2.23 bits per heavy atom. The topological polar surface area (TPSA) is 55.3 Å². The van der Waals surface area contributed by atoms with E-state index in [2.05, 4.69) is 19.0 Å². The monoisotopic (exact) mass is 187 g/mol. The van der Waals surface area contributed by atoms with Gasteiger partial charge in [0.2, 0.25) is 0 Å². The van der Waals surface area contributed by atoms with Crippen molar-refractivity contribution in [2.75, 3.05) is 33.7 Å². The van der Waals surface area contributed by atoms with Crippen LogP contribution in [0.1, 0.15) is 25.7 Å². The van der Waals surface area contributed by atoms with E-state index in [9.17, 15) is 0 Å². The third-order valence-corrected chi connectivity index (χ3v) is 2.38. The van der Waals surface area contributed by atoms with Crippen LogP contribution in [0.5, 0.6) is 0 Å². The Balaban J connectivity index is 3.27. The second kappa shape index (κ2) is 8.48. The standard InChI is InChI=1S/C10H25N3/c1-13(2)8-4-3-5-10(9-12)6-7-11/h10H,3-9,11-12H2,1-2H3. The molecule has 0 fully saturated rings. The molecule has 0 spiro atoms. The third kappa shape index (κ3) is 8.22. The molecule has 0 amide bonds. The third-order valence-electron chi connectivity index (χ3n) is 2.38. The number of nitrogens with zero attached hydrogens (tertiary/aromatic N) is 1. The summed E-state index contributed by atoms with van der Waals surface area (Å²) in [7, 11) is 4.22.